The Hall–Kier alpha value is -2.43. The summed E-state index contributed by atoms with van der Waals surface area (Å²) in [5.41, 5.74) is -0.576. The lowest BCUT2D eigenvalue weighted by molar-refractivity contribution is 0.300. The van der Waals surface area contributed by atoms with Gasteiger partial charge in [-0.15, -0.1) is 0 Å². The summed E-state index contributed by atoms with van der Waals surface area (Å²) in [5, 5.41) is 10.4. The number of para-hydroxylation sites is 1. The van der Waals surface area contributed by atoms with Crippen molar-refractivity contribution in [2.45, 2.75) is 19.8 Å². The van der Waals surface area contributed by atoms with Gasteiger partial charge in [0.15, 0.2) is 17.1 Å². The monoisotopic (exact) mass is 290 g/mol. The number of hydrogen-bond donors (Lipinski definition) is 1. The first-order valence-electron chi connectivity index (χ1n) is 6.79. The van der Waals surface area contributed by atoms with E-state index >= 15 is 0 Å². The van der Waals surface area contributed by atoms with E-state index < -0.39 is 11.4 Å². The van der Waals surface area contributed by atoms with Gasteiger partial charge in [0, 0.05) is 0 Å². The van der Waals surface area contributed by atoms with E-state index in [0.717, 1.165) is 6.42 Å². The zero-order valence-electron chi connectivity index (χ0n) is 12.1. The Morgan fingerprint density at radius 1 is 1.33 bits per heavy atom. The number of methoxy groups -OCH3 is 1. The molecule has 5 heteroatoms. The molecule has 0 unspecified atom stereocenters. The summed E-state index contributed by atoms with van der Waals surface area (Å²) >= 11 is 0. The van der Waals surface area contributed by atoms with E-state index in [1.165, 1.54) is 7.11 Å². The molecule has 1 aromatic heterocycles. The van der Waals surface area contributed by atoms with Gasteiger partial charge in [0.2, 0.25) is 5.75 Å². The highest BCUT2D eigenvalue weighted by molar-refractivity contribution is 5.89. The van der Waals surface area contributed by atoms with Crippen LogP contribution in [0, 0.1) is 0 Å². The van der Waals surface area contributed by atoms with Gasteiger partial charge in [-0.2, -0.15) is 0 Å². The number of aromatic hydroxyl groups is 1. The minimum Gasteiger partial charge on any atom is -0.499 e. The van der Waals surface area contributed by atoms with Crippen LogP contribution in [-0.2, 0) is 0 Å². The van der Waals surface area contributed by atoms with E-state index in [1.807, 2.05) is 19.1 Å². The van der Waals surface area contributed by atoms with Crippen molar-refractivity contribution >= 4 is 11.0 Å². The minimum absolute atomic E-state index is 0.130. The molecule has 0 aliphatic rings. The molecule has 0 spiro atoms. The third-order valence-electron chi connectivity index (χ3n) is 2.98. The van der Waals surface area contributed by atoms with Crippen molar-refractivity contribution in [2.24, 2.45) is 0 Å². The summed E-state index contributed by atoms with van der Waals surface area (Å²) in [7, 11) is 1.48. The number of hydrogen-bond acceptors (Lipinski definition) is 5. The maximum Gasteiger partial charge on any atom is 0.382 e. The summed E-state index contributed by atoms with van der Waals surface area (Å²) in [6.07, 6.45) is 5.67. The van der Waals surface area contributed by atoms with Crippen LogP contribution < -0.4 is 15.1 Å². The Balaban J connectivity index is 2.39. The van der Waals surface area contributed by atoms with E-state index in [4.69, 9.17) is 13.9 Å². The molecule has 2 aromatic rings. The molecule has 0 aliphatic heterocycles. The predicted octanol–water partition coefficient (Wildman–Crippen LogP) is 3.24. The van der Waals surface area contributed by atoms with Crippen LogP contribution in [0.15, 0.2) is 39.6 Å². The summed E-state index contributed by atoms with van der Waals surface area (Å²) in [4.78, 5) is 11.7. The number of allylic oxidation sites excluding steroid dienone is 1. The highest BCUT2D eigenvalue weighted by Gasteiger charge is 2.17. The van der Waals surface area contributed by atoms with Crippen molar-refractivity contribution in [1.82, 2.24) is 0 Å². The largest absolute Gasteiger partial charge is 0.499 e. The fourth-order valence-corrected chi connectivity index (χ4v) is 1.98. The van der Waals surface area contributed by atoms with Gasteiger partial charge in [-0.05, 0) is 25.0 Å². The Kier molecular flexibility index (Phi) is 4.87. The number of fused-ring (bicyclic) bond motifs is 1. The smallest absolute Gasteiger partial charge is 0.382 e. The number of rotatable bonds is 6. The molecule has 0 saturated carbocycles. The first kappa shape index (κ1) is 15.0. The van der Waals surface area contributed by atoms with Crippen LogP contribution >= 0.6 is 0 Å². The van der Waals surface area contributed by atoms with Crippen LogP contribution in [0.1, 0.15) is 19.8 Å². The molecular weight excluding hydrogens is 272 g/mol. The van der Waals surface area contributed by atoms with Gasteiger partial charge in [-0.25, -0.2) is 4.79 Å². The van der Waals surface area contributed by atoms with Crippen LogP contribution in [0.4, 0.5) is 0 Å². The third kappa shape index (κ3) is 3.18. The Morgan fingerprint density at radius 2 is 2.14 bits per heavy atom. The van der Waals surface area contributed by atoms with E-state index in [9.17, 15) is 9.90 Å². The van der Waals surface area contributed by atoms with Gasteiger partial charge in [0.25, 0.3) is 0 Å². The van der Waals surface area contributed by atoms with Gasteiger partial charge in [0.05, 0.1) is 19.1 Å². The predicted molar refractivity (Wildman–Crippen MR) is 80.2 cm³/mol. The highest BCUT2D eigenvalue weighted by atomic mass is 16.5. The van der Waals surface area contributed by atoms with Crippen molar-refractivity contribution in [3.8, 4) is 17.2 Å². The second-order valence-electron chi connectivity index (χ2n) is 4.42. The quantitative estimate of drug-likeness (QED) is 0.502. The van der Waals surface area contributed by atoms with Crippen LogP contribution in [0.5, 0.6) is 17.2 Å². The maximum absolute atomic E-state index is 11.7. The maximum atomic E-state index is 11.7. The lowest BCUT2D eigenvalue weighted by Gasteiger charge is -2.10. The molecule has 0 bridgehead atoms. The normalized spacial score (nSPS) is 11.1. The second-order valence-corrected chi connectivity index (χ2v) is 4.42. The first-order valence-corrected chi connectivity index (χ1v) is 6.79. The summed E-state index contributed by atoms with van der Waals surface area (Å²) < 4.78 is 15.8. The SMILES string of the molecule is CCC=CCCOc1c(O)c(=O)oc2c(OC)cccc12. The number of ether oxygens (including phenoxy) is 2. The van der Waals surface area contributed by atoms with Crippen LogP contribution in [-0.4, -0.2) is 18.8 Å². The highest BCUT2D eigenvalue weighted by Crippen LogP contribution is 2.35. The van der Waals surface area contributed by atoms with Crippen LogP contribution in [0.25, 0.3) is 11.0 Å². The van der Waals surface area contributed by atoms with E-state index in [1.54, 1.807) is 18.2 Å². The van der Waals surface area contributed by atoms with Gasteiger partial charge >= 0.3 is 5.63 Å². The standard InChI is InChI=1S/C16H18O5/c1-3-4-5-6-10-20-15-11-8-7-9-12(19-2)14(11)21-16(18)13(15)17/h4-5,7-9,17H,3,6,10H2,1-2H3. The molecule has 0 radical (unpaired) electrons. The van der Waals surface area contributed by atoms with Crippen molar-refractivity contribution in [2.75, 3.05) is 13.7 Å². The summed E-state index contributed by atoms with van der Waals surface area (Å²) in [5.74, 6) is 0.0283. The lowest BCUT2D eigenvalue weighted by Crippen LogP contribution is -2.05. The topological polar surface area (TPSA) is 68.9 Å². The molecule has 0 aliphatic carbocycles. The van der Waals surface area contributed by atoms with Crippen LogP contribution in [0.2, 0.25) is 0 Å². The molecule has 1 heterocycles. The average molecular weight is 290 g/mol. The van der Waals surface area contributed by atoms with E-state index in [0.29, 0.717) is 24.2 Å². The molecule has 1 N–H and O–H groups in total. The Morgan fingerprint density at radius 3 is 2.86 bits per heavy atom. The molecule has 0 saturated heterocycles. The third-order valence-corrected chi connectivity index (χ3v) is 2.98. The van der Waals surface area contributed by atoms with Crippen molar-refractivity contribution in [3.63, 3.8) is 0 Å². The molecule has 21 heavy (non-hydrogen) atoms. The van der Waals surface area contributed by atoms with Crippen LogP contribution in [0.3, 0.4) is 0 Å². The van der Waals surface area contributed by atoms with Gasteiger partial charge < -0.3 is 19.0 Å². The zero-order chi connectivity index (χ0) is 15.2. The van der Waals surface area contributed by atoms with Crippen molar-refractivity contribution in [3.05, 3.63) is 40.8 Å². The molecule has 0 atom stereocenters. The van der Waals surface area contributed by atoms with Crippen molar-refractivity contribution in [1.29, 1.82) is 0 Å². The van der Waals surface area contributed by atoms with E-state index in [-0.39, 0.29) is 11.3 Å². The Bertz CT molecular complexity index is 700. The van der Waals surface area contributed by atoms with E-state index in [2.05, 4.69) is 0 Å². The zero-order valence-corrected chi connectivity index (χ0v) is 12.1. The minimum atomic E-state index is -0.842. The second kappa shape index (κ2) is 6.83. The molecule has 1 aromatic carbocycles. The first-order chi connectivity index (χ1) is 10.2. The summed E-state index contributed by atoms with van der Waals surface area (Å²) in [6.45, 7) is 2.41. The molecule has 112 valence electrons. The molecule has 2 rings (SSSR count). The Labute approximate surface area is 122 Å². The summed E-state index contributed by atoms with van der Waals surface area (Å²) in [6, 6.07) is 5.12. The van der Waals surface area contributed by atoms with Gasteiger partial charge in [-0.3, -0.25) is 0 Å². The molecule has 5 nitrogen and oxygen atoms in total. The average Bonchev–Trinajstić information content (AvgIpc) is 2.50. The fourth-order valence-electron chi connectivity index (χ4n) is 1.98. The molecule has 0 amide bonds. The molecule has 0 fully saturated rings. The van der Waals surface area contributed by atoms with Gasteiger partial charge in [0.1, 0.15) is 0 Å². The number of benzene rings is 1. The van der Waals surface area contributed by atoms with Gasteiger partial charge in [-0.1, -0.05) is 25.1 Å². The molecular formula is C16H18O5. The lowest BCUT2D eigenvalue weighted by atomic mass is 10.2. The van der Waals surface area contributed by atoms with Crippen molar-refractivity contribution < 1.29 is 19.0 Å². The fraction of sp³-hybridized carbons (Fsp3) is 0.312.